The third-order valence-electron chi connectivity index (χ3n) is 3.18. The van der Waals surface area contributed by atoms with E-state index >= 15 is 0 Å². The molecule has 1 heterocycles. The molecular weight excluding hydrogens is 188 g/mol. The molecule has 0 aliphatic carbocycles. The average Bonchev–Trinajstić information content (AvgIpc) is 2.28. The summed E-state index contributed by atoms with van der Waals surface area (Å²) in [7, 11) is 0. The lowest BCUT2D eigenvalue weighted by atomic mass is 10.2. The second kappa shape index (κ2) is 8.08. The highest BCUT2D eigenvalue weighted by molar-refractivity contribution is 4.71. The van der Waals surface area contributed by atoms with Crippen LogP contribution in [0.1, 0.15) is 32.6 Å². The number of rotatable bonds is 7. The van der Waals surface area contributed by atoms with E-state index in [1.807, 2.05) is 0 Å². The molecule has 0 aromatic rings. The van der Waals surface area contributed by atoms with Gasteiger partial charge in [0.2, 0.25) is 0 Å². The zero-order chi connectivity index (χ0) is 10.9. The monoisotopic (exact) mass is 214 g/mol. The third kappa shape index (κ3) is 5.50. The van der Waals surface area contributed by atoms with Crippen LogP contribution in [-0.4, -0.2) is 60.8 Å². The van der Waals surface area contributed by atoms with Crippen molar-refractivity contribution in [2.24, 2.45) is 0 Å². The minimum absolute atomic E-state index is 0.330. The molecule has 1 fully saturated rings. The van der Waals surface area contributed by atoms with Crippen molar-refractivity contribution >= 4 is 0 Å². The summed E-state index contributed by atoms with van der Waals surface area (Å²) >= 11 is 0. The van der Waals surface area contributed by atoms with Crippen molar-refractivity contribution in [3.8, 4) is 0 Å². The standard InChI is InChI=1S/C12H26N2O/c1-2-3-4-6-13-8-10-14(11-9-13)7-5-12-15/h15H,2-12H2,1H3. The fraction of sp³-hybridized carbons (Fsp3) is 1.00. The Kier molecular flexibility index (Phi) is 6.98. The van der Waals surface area contributed by atoms with E-state index in [4.69, 9.17) is 5.11 Å². The van der Waals surface area contributed by atoms with E-state index in [-0.39, 0.29) is 0 Å². The van der Waals surface area contributed by atoms with Crippen molar-refractivity contribution in [3.05, 3.63) is 0 Å². The summed E-state index contributed by atoms with van der Waals surface area (Å²) in [4.78, 5) is 5.04. The van der Waals surface area contributed by atoms with E-state index < -0.39 is 0 Å². The largest absolute Gasteiger partial charge is 0.396 e. The van der Waals surface area contributed by atoms with Gasteiger partial charge >= 0.3 is 0 Å². The normalized spacial score (nSPS) is 19.6. The fourth-order valence-electron chi connectivity index (χ4n) is 2.12. The maximum atomic E-state index is 8.76. The number of unbranched alkanes of at least 4 members (excludes halogenated alkanes) is 2. The summed E-state index contributed by atoms with van der Waals surface area (Å²) in [5.41, 5.74) is 0. The predicted molar refractivity (Wildman–Crippen MR) is 64.1 cm³/mol. The van der Waals surface area contributed by atoms with Crippen molar-refractivity contribution in [2.75, 3.05) is 45.9 Å². The molecule has 0 aromatic heterocycles. The van der Waals surface area contributed by atoms with Gasteiger partial charge in [0.15, 0.2) is 0 Å². The van der Waals surface area contributed by atoms with Gasteiger partial charge < -0.3 is 14.9 Å². The van der Waals surface area contributed by atoms with Gasteiger partial charge in [-0.2, -0.15) is 0 Å². The summed E-state index contributed by atoms with van der Waals surface area (Å²) < 4.78 is 0. The third-order valence-corrected chi connectivity index (χ3v) is 3.18. The molecule has 90 valence electrons. The molecule has 0 amide bonds. The first-order chi connectivity index (χ1) is 7.36. The van der Waals surface area contributed by atoms with Gasteiger partial charge in [0, 0.05) is 39.3 Å². The molecule has 0 saturated carbocycles. The zero-order valence-electron chi connectivity index (χ0n) is 10.1. The Bertz CT molecular complexity index is 145. The van der Waals surface area contributed by atoms with Crippen LogP contribution in [0.5, 0.6) is 0 Å². The van der Waals surface area contributed by atoms with Crippen LogP contribution in [0.25, 0.3) is 0 Å². The van der Waals surface area contributed by atoms with Crippen LogP contribution in [0.3, 0.4) is 0 Å². The van der Waals surface area contributed by atoms with Crippen molar-refractivity contribution in [3.63, 3.8) is 0 Å². The minimum Gasteiger partial charge on any atom is -0.396 e. The number of aliphatic hydroxyl groups is 1. The Morgan fingerprint density at radius 2 is 1.40 bits per heavy atom. The van der Waals surface area contributed by atoms with Crippen LogP contribution in [0.4, 0.5) is 0 Å². The first-order valence-electron chi connectivity index (χ1n) is 6.42. The van der Waals surface area contributed by atoms with Gasteiger partial charge in [0.1, 0.15) is 0 Å². The van der Waals surface area contributed by atoms with Crippen molar-refractivity contribution in [2.45, 2.75) is 32.6 Å². The second-order valence-corrected chi connectivity index (χ2v) is 4.47. The molecule has 0 atom stereocenters. The van der Waals surface area contributed by atoms with Gasteiger partial charge in [-0.05, 0) is 19.4 Å². The summed E-state index contributed by atoms with van der Waals surface area (Å²) in [5, 5.41) is 8.76. The number of hydrogen-bond donors (Lipinski definition) is 1. The van der Waals surface area contributed by atoms with Gasteiger partial charge in [-0.25, -0.2) is 0 Å². The molecule has 0 spiro atoms. The highest BCUT2D eigenvalue weighted by Crippen LogP contribution is 2.04. The van der Waals surface area contributed by atoms with Crippen LogP contribution in [0.15, 0.2) is 0 Å². The first-order valence-corrected chi connectivity index (χ1v) is 6.42. The number of nitrogens with zero attached hydrogens (tertiary/aromatic N) is 2. The summed E-state index contributed by atoms with van der Waals surface area (Å²) in [6.45, 7) is 9.74. The topological polar surface area (TPSA) is 26.7 Å². The maximum absolute atomic E-state index is 8.76. The zero-order valence-corrected chi connectivity index (χ0v) is 10.1. The van der Waals surface area contributed by atoms with Gasteiger partial charge in [0.25, 0.3) is 0 Å². The Labute approximate surface area is 94.1 Å². The Morgan fingerprint density at radius 3 is 1.87 bits per heavy atom. The highest BCUT2D eigenvalue weighted by atomic mass is 16.3. The van der Waals surface area contributed by atoms with E-state index in [0.717, 1.165) is 13.0 Å². The molecule has 1 rings (SSSR count). The van der Waals surface area contributed by atoms with Gasteiger partial charge in [-0.1, -0.05) is 19.8 Å². The highest BCUT2D eigenvalue weighted by Gasteiger charge is 2.15. The molecule has 0 bridgehead atoms. The molecule has 1 aliphatic rings. The first kappa shape index (κ1) is 12.9. The molecule has 3 heteroatoms. The van der Waals surface area contributed by atoms with E-state index in [2.05, 4.69) is 16.7 Å². The lowest BCUT2D eigenvalue weighted by Crippen LogP contribution is -2.46. The molecule has 1 saturated heterocycles. The van der Waals surface area contributed by atoms with Crippen LogP contribution in [0, 0.1) is 0 Å². The number of hydrogen-bond acceptors (Lipinski definition) is 3. The number of aliphatic hydroxyl groups excluding tert-OH is 1. The van der Waals surface area contributed by atoms with Crippen molar-refractivity contribution < 1.29 is 5.11 Å². The van der Waals surface area contributed by atoms with E-state index in [1.54, 1.807) is 0 Å². The molecule has 15 heavy (non-hydrogen) atoms. The molecule has 0 aromatic carbocycles. The molecule has 3 nitrogen and oxygen atoms in total. The fourth-order valence-corrected chi connectivity index (χ4v) is 2.12. The SMILES string of the molecule is CCCCCN1CCN(CCCO)CC1. The van der Waals surface area contributed by atoms with Gasteiger partial charge in [-0.3, -0.25) is 0 Å². The molecule has 1 aliphatic heterocycles. The van der Waals surface area contributed by atoms with Crippen molar-refractivity contribution in [1.29, 1.82) is 0 Å². The van der Waals surface area contributed by atoms with Gasteiger partial charge in [0.05, 0.1) is 0 Å². The smallest absolute Gasteiger partial charge is 0.0443 e. The number of piperazine rings is 1. The quantitative estimate of drug-likeness (QED) is 0.645. The van der Waals surface area contributed by atoms with Crippen LogP contribution >= 0.6 is 0 Å². The Morgan fingerprint density at radius 1 is 0.867 bits per heavy atom. The molecule has 0 unspecified atom stereocenters. The van der Waals surface area contributed by atoms with Crippen molar-refractivity contribution in [1.82, 2.24) is 9.80 Å². The second-order valence-electron chi connectivity index (χ2n) is 4.47. The van der Waals surface area contributed by atoms with Crippen LogP contribution in [-0.2, 0) is 0 Å². The Hall–Kier alpha value is -0.120. The van der Waals surface area contributed by atoms with Crippen LogP contribution < -0.4 is 0 Å². The maximum Gasteiger partial charge on any atom is 0.0443 e. The molecular formula is C12H26N2O. The average molecular weight is 214 g/mol. The molecule has 1 N–H and O–H groups in total. The van der Waals surface area contributed by atoms with E-state index in [9.17, 15) is 0 Å². The summed E-state index contributed by atoms with van der Waals surface area (Å²) in [5.74, 6) is 0. The predicted octanol–water partition coefficient (Wildman–Crippen LogP) is 1.18. The van der Waals surface area contributed by atoms with E-state index in [1.165, 1.54) is 52.0 Å². The minimum atomic E-state index is 0.330. The lowest BCUT2D eigenvalue weighted by molar-refractivity contribution is 0.123. The molecule has 0 radical (unpaired) electrons. The Balaban J connectivity index is 2.02. The van der Waals surface area contributed by atoms with E-state index in [0.29, 0.717) is 6.61 Å². The summed E-state index contributed by atoms with van der Waals surface area (Å²) in [6.07, 6.45) is 4.96. The van der Waals surface area contributed by atoms with Crippen LogP contribution in [0.2, 0.25) is 0 Å². The lowest BCUT2D eigenvalue weighted by Gasteiger charge is -2.34. The summed E-state index contributed by atoms with van der Waals surface area (Å²) in [6, 6.07) is 0. The van der Waals surface area contributed by atoms with Gasteiger partial charge in [-0.15, -0.1) is 0 Å².